The second-order valence-corrected chi connectivity index (χ2v) is 8.62. The summed E-state index contributed by atoms with van der Waals surface area (Å²) in [6.07, 6.45) is 6.03. The first-order valence-electron chi connectivity index (χ1n) is 11.8. The molecule has 0 bridgehead atoms. The van der Waals surface area contributed by atoms with Gasteiger partial charge in [-0.3, -0.25) is 0 Å². The van der Waals surface area contributed by atoms with Gasteiger partial charge in [0.25, 0.3) is 0 Å². The van der Waals surface area contributed by atoms with Gasteiger partial charge in [0.05, 0.1) is 11.2 Å². The molecule has 0 saturated heterocycles. The number of pyridine rings is 1. The third-order valence-electron chi connectivity index (χ3n) is 6.06. The molecule has 2 aromatic heterocycles. The van der Waals surface area contributed by atoms with Gasteiger partial charge in [-0.2, -0.15) is 5.21 Å². The fourth-order valence-electron chi connectivity index (χ4n) is 3.98. The van der Waals surface area contributed by atoms with Gasteiger partial charge in [-0.15, -0.1) is 10.2 Å². The maximum atomic E-state index is 6.01. The first-order chi connectivity index (χ1) is 17.2. The summed E-state index contributed by atoms with van der Waals surface area (Å²) in [5.41, 5.74) is 5.45. The first-order valence-corrected chi connectivity index (χ1v) is 11.8. The van der Waals surface area contributed by atoms with E-state index in [0.29, 0.717) is 12.5 Å². The standard InChI is InChI=1S/C29H27N5O/c1-21(9-18-29-31-33-34-32-29)24-14-12-22(13-15-24)10-11-23-5-4-7-27(19-23)35-20-26-17-16-25-6-2-3-8-28(25)30-26/h2-8,10-17,19,21H,9,18,20H2,1H3,(H,31,32,33,34). The van der Waals surface area contributed by atoms with Crippen molar-refractivity contribution in [3.05, 3.63) is 113 Å². The minimum Gasteiger partial charge on any atom is -0.487 e. The minimum atomic E-state index is 0.428. The fraction of sp³-hybridized carbons (Fsp3) is 0.172. The summed E-state index contributed by atoms with van der Waals surface area (Å²) >= 11 is 0. The van der Waals surface area contributed by atoms with E-state index in [-0.39, 0.29) is 0 Å². The van der Waals surface area contributed by atoms with Crippen molar-refractivity contribution in [1.82, 2.24) is 25.6 Å². The maximum Gasteiger partial charge on any atom is 0.174 e. The number of nitrogens with one attached hydrogen (secondary N) is 1. The van der Waals surface area contributed by atoms with Crippen LogP contribution in [0.2, 0.25) is 0 Å². The molecule has 1 unspecified atom stereocenters. The second kappa shape index (κ2) is 10.7. The van der Waals surface area contributed by atoms with Gasteiger partial charge >= 0.3 is 0 Å². The van der Waals surface area contributed by atoms with Crippen LogP contribution in [0.25, 0.3) is 23.1 Å². The van der Waals surface area contributed by atoms with Crippen LogP contribution < -0.4 is 4.74 Å². The third kappa shape index (κ3) is 5.98. The van der Waals surface area contributed by atoms with Crippen LogP contribution in [0.3, 0.4) is 0 Å². The molecule has 0 aliphatic carbocycles. The molecule has 0 aliphatic rings. The zero-order valence-electron chi connectivity index (χ0n) is 19.6. The van der Waals surface area contributed by atoms with Crippen LogP contribution in [-0.4, -0.2) is 25.6 Å². The number of aryl methyl sites for hydroxylation is 1. The lowest BCUT2D eigenvalue weighted by molar-refractivity contribution is 0.302. The molecule has 174 valence electrons. The molecule has 35 heavy (non-hydrogen) atoms. The summed E-state index contributed by atoms with van der Waals surface area (Å²) in [4.78, 5) is 4.68. The molecule has 0 saturated carbocycles. The first kappa shape index (κ1) is 22.5. The molecule has 5 aromatic rings. The summed E-state index contributed by atoms with van der Waals surface area (Å²) in [5.74, 6) is 2.02. The number of ether oxygens (including phenoxy) is 1. The van der Waals surface area contributed by atoms with Gasteiger partial charge in [0.1, 0.15) is 12.4 Å². The monoisotopic (exact) mass is 461 g/mol. The normalized spacial score (nSPS) is 12.3. The largest absolute Gasteiger partial charge is 0.487 e. The summed E-state index contributed by atoms with van der Waals surface area (Å²) in [6.45, 7) is 2.66. The predicted molar refractivity (Wildman–Crippen MR) is 139 cm³/mol. The van der Waals surface area contributed by atoms with Gasteiger partial charge in [-0.1, -0.05) is 85.0 Å². The average Bonchev–Trinajstić information content (AvgIpc) is 3.44. The number of hydrogen-bond donors (Lipinski definition) is 1. The number of aromatic nitrogens is 5. The lowest BCUT2D eigenvalue weighted by Crippen LogP contribution is -1.98. The zero-order valence-corrected chi connectivity index (χ0v) is 19.6. The van der Waals surface area contributed by atoms with E-state index in [1.165, 1.54) is 5.56 Å². The molecule has 0 aliphatic heterocycles. The summed E-state index contributed by atoms with van der Waals surface area (Å²) < 4.78 is 6.01. The van der Waals surface area contributed by atoms with Gasteiger partial charge in [0.15, 0.2) is 5.82 Å². The second-order valence-electron chi connectivity index (χ2n) is 8.62. The van der Waals surface area contributed by atoms with E-state index in [0.717, 1.165) is 52.1 Å². The van der Waals surface area contributed by atoms with Crippen molar-refractivity contribution in [1.29, 1.82) is 0 Å². The molecule has 0 spiro atoms. The van der Waals surface area contributed by atoms with Crippen LogP contribution in [0.5, 0.6) is 5.75 Å². The lowest BCUT2D eigenvalue weighted by atomic mass is 9.95. The number of benzene rings is 3. The highest BCUT2D eigenvalue weighted by Gasteiger charge is 2.08. The predicted octanol–water partition coefficient (Wildman–Crippen LogP) is 6.23. The van der Waals surface area contributed by atoms with Crippen molar-refractivity contribution < 1.29 is 4.74 Å². The number of H-pyrrole nitrogens is 1. The molecule has 3 aromatic carbocycles. The molecular formula is C29H27N5O. The van der Waals surface area contributed by atoms with Crippen LogP contribution >= 0.6 is 0 Å². The van der Waals surface area contributed by atoms with Crippen LogP contribution in [0.15, 0.2) is 84.9 Å². The number of aromatic amines is 1. The van der Waals surface area contributed by atoms with E-state index in [9.17, 15) is 0 Å². The van der Waals surface area contributed by atoms with Crippen molar-refractivity contribution in [2.24, 2.45) is 0 Å². The molecule has 1 N–H and O–H groups in total. The number of rotatable bonds is 9. The topological polar surface area (TPSA) is 76.6 Å². The Kier molecular flexibility index (Phi) is 6.89. The molecule has 0 amide bonds. The van der Waals surface area contributed by atoms with E-state index >= 15 is 0 Å². The zero-order chi connectivity index (χ0) is 23.9. The Morgan fingerprint density at radius 1 is 0.886 bits per heavy atom. The molecule has 0 fully saturated rings. The Bertz CT molecular complexity index is 1410. The van der Waals surface area contributed by atoms with Gasteiger partial charge < -0.3 is 4.74 Å². The number of hydrogen-bond acceptors (Lipinski definition) is 5. The number of nitrogens with zero attached hydrogens (tertiary/aromatic N) is 4. The molecular weight excluding hydrogens is 434 g/mol. The Balaban J connectivity index is 1.17. The van der Waals surface area contributed by atoms with Crippen molar-refractivity contribution >= 4 is 23.1 Å². The number of para-hydroxylation sites is 1. The smallest absolute Gasteiger partial charge is 0.174 e. The van der Waals surface area contributed by atoms with Crippen LogP contribution in [-0.2, 0) is 13.0 Å². The van der Waals surface area contributed by atoms with Crippen molar-refractivity contribution in [3.63, 3.8) is 0 Å². The quantitative estimate of drug-likeness (QED) is 0.263. The van der Waals surface area contributed by atoms with Crippen molar-refractivity contribution in [2.75, 3.05) is 0 Å². The molecule has 6 heteroatoms. The Labute approximate surface area is 204 Å². The lowest BCUT2D eigenvalue weighted by Gasteiger charge is -2.10. The SMILES string of the molecule is CC(CCc1nn[nH]n1)c1ccc(C=Cc2cccc(OCc3ccc4ccccc4n3)c2)cc1. The van der Waals surface area contributed by atoms with Crippen molar-refractivity contribution in [3.8, 4) is 5.75 Å². The Morgan fingerprint density at radius 3 is 2.60 bits per heavy atom. The van der Waals surface area contributed by atoms with Gasteiger partial charge in [0, 0.05) is 11.8 Å². The number of fused-ring (bicyclic) bond motifs is 1. The summed E-state index contributed by atoms with van der Waals surface area (Å²) in [7, 11) is 0. The summed E-state index contributed by atoms with van der Waals surface area (Å²) in [6, 6.07) is 29.0. The number of tetrazole rings is 1. The van der Waals surface area contributed by atoms with Crippen LogP contribution in [0.1, 0.15) is 47.5 Å². The van der Waals surface area contributed by atoms with E-state index < -0.39 is 0 Å². The molecule has 1 atom stereocenters. The highest BCUT2D eigenvalue weighted by molar-refractivity contribution is 5.78. The molecule has 2 heterocycles. The third-order valence-corrected chi connectivity index (χ3v) is 6.06. The Morgan fingerprint density at radius 2 is 1.74 bits per heavy atom. The van der Waals surface area contributed by atoms with Crippen LogP contribution in [0.4, 0.5) is 0 Å². The maximum absolute atomic E-state index is 6.01. The molecule has 6 nitrogen and oxygen atoms in total. The van der Waals surface area contributed by atoms with E-state index in [1.54, 1.807) is 0 Å². The fourth-order valence-corrected chi connectivity index (χ4v) is 3.98. The van der Waals surface area contributed by atoms with Crippen LogP contribution in [0, 0.1) is 0 Å². The highest BCUT2D eigenvalue weighted by atomic mass is 16.5. The molecule has 0 radical (unpaired) electrons. The van der Waals surface area contributed by atoms with E-state index in [1.807, 2.05) is 42.5 Å². The van der Waals surface area contributed by atoms with Gasteiger partial charge in [-0.25, -0.2) is 4.98 Å². The minimum absolute atomic E-state index is 0.428. The van der Waals surface area contributed by atoms with Gasteiger partial charge in [0.2, 0.25) is 0 Å². The van der Waals surface area contributed by atoms with Gasteiger partial charge in [-0.05, 0) is 53.3 Å². The van der Waals surface area contributed by atoms with E-state index in [2.05, 4.69) is 87.1 Å². The Hall–Kier alpha value is -4.32. The molecule has 5 rings (SSSR count). The van der Waals surface area contributed by atoms with E-state index in [4.69, 9.17) is 4.74 Å². The summed E-state index contributed by atoms with van der Waals surface area (Å²) in [5, 5.41) is 15.3. The average molecular weight is 462 g/mol. The highest BCUT2D eigenvalue weighted by Crippen LogP contribution is 2.22. The van der Waals surface area contributed by atoms with Crippen molar-refractivity contribution in [2.45, 2.75) is 32.3 Å².